The highest BCUT2D eigenvalue weighted by Gasteiger charge is 2.48. The van der Waals surface area contributed by atoms with Gasteiger partial charge in [-0.25, -0.2) is 0 Å². The highest BCUT2D eigenvalue weighted by Crippen LogP contribution is 2.24. The molecule has 13 heavy (non-hydrogen) atoms. The smallest absolute Gasteiger partial charge is 0.132 e. The number of hydrogen-bond donors (Lipinski definition) is 5. The van der Waals surface area contributed by atoms with Crippen LogP contribution < -0.4 is 5.73 Å². The summed E-state index contributed by atoms with van der Waals surface area (Å²) in [4.78, 5) is 0. The Morgan fingerprint density at radius 3 is 2.46 bits per heavy atom. The molecule has 0 spiro atoms. The Balaban J connectivity index is 2.77. The maximum atomic E-state index is 9.48. The number of aliphatic hydroxyl groups is 4. The summed E-state index contributed by atoms with van der Waals surface area (Å²) >= 11 is 0. The van der Waals surface area contributed by atoms with Crippen molar-refractivity contribution in [3.63, 3.8) is 0 Å². The zero-order chi connectivity index (χ0) is 10.1. The van der Waals surface area contributed by atoms with Gasteiger partial charge in [0.2, 0.25) is 0 Å². The third-order valence-electron chi connectivity index (χ3n) is 2.41. The Morgan fingerprint density at radius 2 is 2.00 bits per heavy atom. The molecule has 0 aromatic heterocycles. The van der Waals surface area contributed by atoms with Crippen LogP contribution in [-0.4, -0.2) is 64.1 Å². The monoisotopic (exact) mass is 193 g/mol. The highest BCUT2D eigenvalue weighted by molar-refractivity contribution is 4.99. The first-order valence-electron chi connectivity index (χ1n) is 4.06. The van der Waals surface area contributed by atoms with Crippen LogP contribution in [0.1, 0.15) is 0 Å². The van der Waals surface area contributed by atoms with E-state index in [1.165, 1.54) is 0 Å². The lowest BCUT2D eigenvalue weighted by Crippen LogP contribution is -2.65. The molecule has 0 aliphatic carbocycles. The first-order valence-corrected chi connectivity index (χ1v) is 4.06. The van der Waals surface area contributed by atoms with Crippen LogP contribution in [0.5, 0.6) is 0 Å². The van der Waals surface area contributed by atoms with Crippen LogP contribution in [0, 0.1) is 0 Å². The van der Waals surface area contributed by atoms with E-state index in [1.807, 2.05) is 0 Å². The molecule has 1 heterocycles. The third kappa shape index (κ3) is 1.69. The van der Waals surface area contributed by atoms with Crippen LogP contribution in [-0.2, 0) is 4.74 Å². The molecule has 6 nitrogen and oxygen atoms in total. The zero-order valence-electron chi connectivity index (χ0n) is 7.13. The van der Waals surface area contributed by atoms with Gasteiger partial charge in [0.05, 0.1) is 13.2 Å². The summed E-state index contributed by atoms with van der Waals surface area (Å²) in [6.07, 6.45) is -3.84. The molecule has 0 radical (unpaired) electrons. The van der Waals surface area contributed by atoms with E-state index in [9.17, 15) is 10.2 Å². The van der Waals surface area contributed by atoms with Gasteiger partial charge in [-0.2, -0.15) is 0 Å². The van der Waals surface area contributed by atoms with Crippen molar-refractivity contribution in [1.82, 2.24) is 0 Å². The lowest BCUT2D eigenvalue weighted by atomic mass is 9.88. The molecule has 1 fully saturated rings. The standard InChI is InChI=1S/C7H15NO5/c8-2-7(3-9)6(12)5(11)4(10)1-13-7/h4-6,9-12H,1-3,8H2/t4-,5-,6+,7-/m1/s1. The molecule has 1 aliphatic heterocycles. The van der Waals surface area contributed by atoms with Crippen LogP contribution in [0.25, 0.3) is 0 Å². The normalized spacial score (nSPS) is 46.4. The third-order valence-corrected chi connectivity index (χ3v) is 2.41. The first kappa shape index (κ1) is 10.8. The van der Waals surface area contributed by atoms with Crippen molar-refractivity contribution in [3.05, 3.63) is 0 Å². The molecule has 1 rings (SSSR count). The van der Waals surface area contributed by atoms with Gasteiger partial charge in [0.1, 0.15) is 23.9 Å². The van der Waals surface area contributed by atoms with Gasteiger partial charge in [-0.1, -0.05) is 0 Å². The van der Waals surface area contributed by atoms with Crippen molar-refractivity contribution in [3.8, 4) is 0 Å². The molecule has 1 aliphatic rings. The summed E-state index contributed by atoms with van der Waals surface area (Å²) in [6, 6.07) is 0. The van der Waals surface area contributed by atoms with Gasteiger partial charge in [-0.3, -0.25) is 0 Å². The fraction of sp³-hybridized carbons (Fsp3) is 1.00. The van der Waals surface area contributed by atoms with E-state index >= 15 is 0 Å². The van der Waals surface area contributed by atoms with Crippen molar-refractivity contribution < 1.29 is 25.2 Å². The maximum absolute atomic E-state index is 9.48. The van der Waals surface area contributed by atoms with Crippen LogP contribution in [0.15, 0.2) is 0 Å². The predicted octanol–water partition coefficient (Wildman–Crippen LogP) is -3.21. The molecule has 0 saturated carbocycles. The van der Waals surface area contributed by atoms with E-state index in [0.29, 0.717) is 0 Å². The minimum absolute atomic E-state index is 0.117. The van der Waals surface area contributed by atoms with Crippen LogP contribution in [0.3, 0.4) is 0 Å². The van der Waals surface area contributed by atoms with E-state index in [4.69, 9.17) is 20.7 Å². The largest absolute Gasteiger partial charge is 0.393 e. The Kier molecular flexibility index (Phi) is 3.23. The van der Waals surface area contributed by atoms with Crippen LogP contribution >= 0.6 is 0 Å². The van der Waals surface area contributed by atoms with Crippen LogP contribution in [0.2, 0.25) is 0 Å². The molecule has 0 aromatic rings. The van der Waals surface area contributed by atoms with Crippen molar-refractivity contribution in [2.75, 3.05) is 19.8 Å². The van der Waals surface area contributed by atoms with Gasteiger partial charge in [-0.15, -0.1) is 0 Å². The van der Waals surface area contributed by atoms with Gasteiger partial charge in [0.15, 0.2) is 0 Å². The van der Waals surface area contributed by atoms with E-state index in [2.05, 4.69) is 0 Å². The van der Waals surface area contributed by atoms with Gasteiger partial charge < -0.3 is 30.9 Å². The molecule has 0 bridgehead atoms. The van der Waals surface area contributed by atoms with E-state index in [0.717, 1.165) is 0 Å². The highest BCUT2D eigenvalue weighted by atomic mass is 16.5. The molecule has 4 atom stereocenters. The molecule has 0 unspecified atom stereocenters. The average molecular weight is 193 g/mol. The summed E-state index contributed by atoms with van der Waals surface area (Å²) in [5, 5.41) is 36.9. The van der Waals surface area contributed by atoms with E-state index in [-0.39, 0.29) is 13.2 Å². The topological polar surface area (TPSA) is 116 Å². The van der Waals surface area contributed by atoms with Gasteiger partial charge in [0.25, 0.3) is 0 Å². The number of aliphatic hydroxyl groups excluding tert-OH is 4. The SMILES string of the molecule is NC[C@]1(CO)OC[C@@H](O)[C@@H](O)[C@@H]1O. The van der Waals surface area contributed by atoms with Gasteiger partial charge in [-0.05, 0) is 0 Å². The number of nitrogens with two attached hydrogens (primary N) is 1. The minimum atomic E-state index is -1.37. The van der Waals surface area contributed by atoms with Crippen molar-refractivity contribution in [2.45, 2.75) is 23.9 Å². The molecule has 0 amide bonds. The molecular formula is C7H15NO5. The van der Waals surface area contributed by atoms with Crippen molar-refractivity contribution in [1.29, 1.82) is 0 Å². The number of hydrogen-bond acceptors (Lipinski definition) is 6. The number of rotatable bonds is 2. The summed E-state index contributed by atoms with van der Waals surface area (Å²) in [6.45, 7) is -0.751. The van der Waals surface area contributed by atoms with E-state index in [1.54, 1.807) is 0 Å². The Bertz CT molecular complexity index is 172. The van der Waals surface area contributed by atoms with Gasteiger partial charge >= 0.3 is 0 Å². The fourth-order valence-electron chi connectivity index (χ4n) is 1.34. The average Bonchev–Trinajstić information content (AvgIpc) is 2.16. The molecule has 0 aromatic carbocycles. The van der Waals surface area contributed by atoms with Crippen molar-refractivity contribution in [2.24, 2.45) is 5.73 Å². The summed E-state index contributed by atoms with van der Waals surface area (Å²) < 4.78 is 5.02. The Labute approximate surface area is 75.6 Å². The quantitative estimate of drug-likeness (QED) is 0.315. The Hall–Kier alpha value is -0.240. The summed E-state index contributed by atoms with van der Waals surface area (Å²) in [5.74, 6) is 0. The molecular weight excluding hydrogens is 178 g/mol. The summed E-state index contributed by atoms with van der Waals surface area (Å²) in [5.41, 5.74) is 3.96. The van der Waals surface area contributed by atoms with Crippen LogP contribution in [0.4, 0.5) is 0 Å². The molecule has 6 heteroatoms. The zero-order valence-corrected chi connectivity index (χ0v) is 7.13. The van der Waals surface area contributed by atoms with Gasteiger partial charge in [0, 0.05) is 6.54 Å². The minimum Gasteiger partial charge on any atom is -0.393 e. The second kappa shape index (κ2) is 3.87. The fourth-order valence-corrected chi connectivity index (χ4v) is 1.34. The lowest BCUT2D eigenvalue weighted by Gasteiger charge is -2.43. The second-order valence-electron chi connectivity index (χ2n) is 3.24. The molecule has 78 valence electrons. The second-order valence-corrected chi connectivity index (χ2v) is 3.24. The van der Waals surface area contributed by atoms with Crippen molar-refractivity contribution >= 4 is 0 Å². The first-order chi connectivity index (χ1) is 6.07. The van der Waals surface area contributed by atoms with E-state index < -0.39 is 30.5 Å². The number of ether oxygens (including phenoxy) is 1. The predicted molar refractivity (Wildman–Crippen MR) is 42.8 cm³/mol. The maximum Gasteiger partial charge on any atom is 0.132 e. The lowest BCUT2D eigenvalue weighted by molar-refractivity contribution is -0.242. The Morgan fingerprint density at radius 1 is 1.38 bits per heavy atom. The molecule has 6 N–H and O–H groups in total. The molecule has 1 saturated heterocycles. The summed E-state index contributed by atoms with van der Waals surface area (Å²) in [7, 11) is 0.